The maximum absolute atomic E-state index is 5.04. The van der Waals surface area contributed by atoms with Gasteiger partial charge in [0.25, 0.3) is 0 Å². The highest BCUT2D eigenvalue weighted by molar-refractivity contribution is 7.99. The summed E-state index contributed by atoms with van der Waals surface area (Å²) in [6.45, 7) is 5.67. The summed E-state index contributed by atoms with van der Waals surface area (Å²) in [6, 6.07) is 0.469. The monoisotopic (exact) mass is 245 g/mol. The molecule has 0 amide bonds. The number of thioether (sulfide) groups is 1. The van der Waals surface area contributed by atoms with E-state index < -0.39 is 0 Å². The van der Waals surface area contributed by atoms with Gasteiger partial charge in [-0.15, -0.1) is 0 Å². The summed E-state index contributed by atoms with van der Waals surface area (Å²) in [4.78, 5) is 4.22. The van der Waals surface area contributed by atoms with Gasteiger partial charge in [-0.3, -0.25) is 0 Å². The summed E-state index contributed by atoms with van der Waals surface area (Å²) in [5.74, 6) is 1.54. The molecule has 1 heterocycles. The van der Waals surface area contributed by atoms with E-state index >= 15 is 0 Å². The molecule has 1 aromatic heterocycles. The van der Waals surface area contributed by atoms with E-state index in [0.29, 0.717) is 24.4 Å². The Bertz CT molecular complexity index is 293. The molecule has 0 radical (unpaired) electrons. The van der Waals surface area contributed by atoms with Crippen molar-refractivity contribution in [1.29, 1.82) is 0 Å². The fourth-order valence-corrected chi connectivity index (χ4v) is 1.77. The van der Waals surface area contributed by atoms with Crippen LogP contribution in [-0.2, 0) is 10.5 Å². The van der Waals surface area contributed by atoms with Gasteiger partial charge in [0.2, 0.25) is 0 Å². The van der Waals surface area contributed by atoms with E-state index in [-0.39, 0.29) is 0 Å². The first kappa shape index (κ1) is 13.3. The molecule has 0 saturated heterocycles. The summed E-state index contributed by atoms with van der Waals surface area (Å²) < 4.78 is 9.94. The Labute approximate surface area is 100 Å². The largest absolute Gasteiger partial charge is 0.383 e. The van der Waals surface area contributed by atoms with Crippen LogP contribution >= 0.6 is 11.8 Å². The van der Waals surface area contributed by atoms with Gasteiger partial charge in [0, 0.05) is 18.9 Å². The van der Waals surface area contributed by atoms with Crippen LogP contribution in [0.3, 0.4) is 0 Å². The van der Waals surface area contributed by atoms with Gasteiger partial charge in [-0.1, -0.05) is 19.0 Å². The number of ether oxygens (including phenoxy) is 1. The van der Waals surface area contributed by atoms with Gasteiger partial charge in [0.1, 0.15) is 0 Å². The molecule has 1 aromatic rings. The van der Waals surface area contributed by atoms with E-state index in [2.05, 4.69) is 29.3 Å². The molecule has 16 heavy (non-hydrogen) atoms. The molecule has 92 valence electrons. The number of aromatic nitrogens is 2. The van der Waals surface area contributed by atoms with Crippen LogP contribution in [0.2, 0.25) is 0 Å². The van der Waals surface area contributed by atoms with E-state index in [1.54, 1.807) is 7.11 Å². The zero-order chi connectivity index (χ0) is 11.8. The van der Waals surface area contributed by atoms with Gasteiger partial charge in [0.15, 0.2) is 5.82 Å². The molecule has 0 bridgehead atoms. The Hall–Kier alpha value is -0.750. The van der Waals surface area contributed by atoms with E-state index in [0.717, 1.165) is 18.0 Å². The number of nitrogens with zero attached hydrogens (tertiary/aromatic N) is 2. The van der Waals surface area contributed by atoms with Crippen LogP contribution in [0.5, 0.6) is 0 Å². The third kappa shape index (κ3) is 4.85. The average molecular weight is 245 g/mol. The number of rotatable bonds is 8. The van der Waals surface area contributed by atoms with E-state index in [4.69, 9.17) is 9.26 Å². The molecule has 0 aliphatic rings. The zero-order valence-electron chi connectivity index (χ0n) is 10.0. The normalized spacial score (nSPS) is 12.7. The predicted molar refractivity (Wildman–Crippen MR) is 65.7 cm³/mol. The van der Waals surface area contributed by atoms with E-state index in [1.165, 1.54) is 0 Å². The summed E-state index contributed by atoms with van der Waals surface area (Å²) in [5, 5.41) is 7.51. The molecule has 1 unspecified atom stereocenters. The lowest BCUT2D eigenvalue weighted by atomic mass is 10.4. The van der Waals surface area contributed by atoms with Gasteiger partial charge in [-0.25, -0.2) is 0 Å². The molecule has 0 saturated carbocycles. The first-order valence-corrected chi connectivity index (χ1v) is 6.48. The van der Waals surface area contributed by atoms with Crippen LogP contribution in [0.1, 0.15) is 26.1 Å². The van der Waals surface area contributed by atoms with Crippen molar-refractivity contribution in [2.24, 2.45) is 0 Å². The third-order valence-electron chi connectivity index (χ3n) is 2.12. The molecule has 1 rings (SSSR count). The van der Waals surface area contributed by atoms with Crippen molar-refractivity contribution in [3.05, 3.63) is 5.82 Å². The number of nitrogens with one attached hydrogen (secondary N) is 1. The maximum atomic E-state index is 5.04. The Morgan fingerprint density at radius 2 is 2.38 bits per heavy atom. The summed E-state index contributed by atoms with van der Waals surface area (Å²) >= 11 is 1.83. The van der Waals surface area contributed by atoms with Gasteiger partial charge >= 0.3 is 6.01 Å². The number of hydrogen-bond acceptors (Lipinski definition) is 6. The van der Waals surface area contributed by atoms with E-state index in [9.17, 15) is 0 Å². The van der Waals surface area contributed by atoms with Crippen molar-refractivity contribution >= 4 is 17.8 Å². The summed E-state index contributed by atoms with van der Waals surface area (Å²) in [5.41, 5.74) is 0. The van der Waals surface area contributed by atoms with Gasteiger partial charge in [-0.2, -0.15) is 16.7 Å². The lowest BCUT2D eigenvalue weighted by Crippen LogP contribution is -2.07. The Balaban J connectivity index is 2.28. The second kappa shape index (κ2) is 7.51. The zero-order valence-corrected chi connectivity index (χ0v) is 10.8. The third-order valence-corrected chi connectivity index (χ3v) is 3.45. The van der Waals surface area contributed by atoms with Crippen LogP contribution in [0.25, 0.3) is 0 Å². The maximum Gasteiger partial charge on any atom is 0.321 e. The van der Waals surface area contributed by atoms with Crippen molar-refractivity contribution in [1.82, 2.24) is 10.1 Å². The Morgan fingerprint density at radius 1 is 1.56 bits per heavy atom. The highest BCUT2D eigenvalue weighted by Gasteiger charge is 2.07. The molecule has 0 aromatic carbocycles. The molecule has 0 aliphatic heterocycles. The standard InChI is InChI=1S/C10H19N3O2S/c1-4-8(2)16-7-9-12-10(15-13-9)11-5-6-14-3/h8H,4-7H2,1-3H3,(H,11,12,13). The van der Waals surface area contributed by atoms with Crippen molar-refractivity contribution in [3.63, 3.8) is 0 Å². The van der Waals surface area contributed by atoms with Crippen molar-refractivity contribution in [3.8, 4) is 0 Å². The molecule has 5 nitrogen and oxygen atoms in total. The number of anilines is 1. The first-order chi connectivity index (χ1) is 7.76. The van der Waals surface area contributed by atoms with Crippen molar-refractivity contribution < 1.29 is 9.26 Å². The Kier molecular flexibility index (Phi) is 6.25. The molecule has 0 spiro atoms. The van der Waals surface area contributed by atoms with Crippen LogP contribution in [0.15, 0.2) is 4.52 Å². The minimum absolute atomic E-state index is 0.469. The molecular weight excluding hydrogens is 226 g/mol. The van der Waals surface area contributed by atoms with E-state index in [1.807, 2.05) is 11.8 Å². The highest BCUT2D eigenvalue weighted by Crippen LogP contribution is 2.18. The van der Waals surface area contributed by atoms with Gasteiger partial charge in [0.05, 0.1) is 12.4 Å². The SMILES string of the molecule is CCC(C)SCc1noc(NCCOC)n1. The highest BCUT2D eigenvalue weighted by atomic mass is 32.2. The number of hydrogen-bond donors (Lipinski definition) is 1. The summed E-state index contributed by atoms with van der Waals surface area (Å²) in [6.07, 6.45) is 1.15. The van der Waals surface area contributed by atoms with Crippen LogP contribution in [0, 0.1) is 0 Å². The fourth-order valence-electron chi connectivity index (χ4n) is 0.979. The Morgan fingerprint density at radius 3 is 3.06 bits per heavy atom. The molecule has 1 atom stereocenters. The minimum atomic E-state index is 0.469. The van der Waals surface area contributed by atoms with Gasteiger partial charge in [-0.05, 0) is 6.42 Å². The van der Waals surface area contributed by atoms with Crippen molar-refractivity contribution in [2.45, 2.75) is 31.3 Å². The molecular formula is C10H19N3O2S. The molecule has 1 N–H and O–H groups in total. The van der Waals surface area contributed by atoms with Gasteiger partial charge < -0.3 is 14.6 Å². The van der Waals surface area contributed by atoms with Crippen LogP contribution in [0.4, 0.5) is 6.01 Å². The quantitative estimate of drug-likeness (QED) is 0.708. The number of methoxy groups -OCH3 is 1. The molecule has 0 aliphatic carbocycles. The van der Waals surface area contributed by atoms with Crippen LogP contribution in [-0.4, -0.2) is 35.7 Å². The molecule has 6 heteroatoms. The lowest BCUT2D eigenvalue weighted by molar-refractivity contribution is 0.210. The minimum Gasteiger partial charge on any atom is -0.383 e. The second-order valence-corrected chi connectivity index (χ2v) is 4.89. The average Bonchev–Trinajstić information content (AvgIpc) is 2.74. The first-order valence-electron chi connectivity index (χ1n) is 5.43. The molecule has 0 fully saturated rings. The fraction of sp³-hybridized carbons (Fsp3) is 0.800. The topological polar surface area (TPSA) is 60.2 Å². The summed E-state index contributed by atoms with van der Waals surface area (Å²) in [7, 11) is 1.66. The lowest BCUT2D eigenvalue weighted by Gasteiger charge is -2.04. The van der Waals surface area contributed by atoms with Crippen molar-refractivity contribution in [2.75, 3.05) is 25.6 Å². The second-order valence-electron chi connectivity index (χ2n) is 3.47. The van der Waals surface area contributed by atoms with Crippen LogP contribution < -0.4 is 5.32 Å². The predicted octanol–water partition coefficient (Wildman–Crippen LogP) is 2.16. The smallest absolute Gasteiger partial charge is 0.321 e.